The second-order valence-electron chi connectivity index (χ2n) is 17.5. The molecule has 0 spiro atoms. The van der Waals surface area contributed by atoms with Gasteiger partial charge >= 0.3 is 0 Å². The van der Waals surface area contributed by atoms with E-state index in [1.165, 1.54) is 193 Å². The Bertz CT molecular complexity index is 863. The Hall–Kier alpha value is -1.21. The maximum absolute atomic E-state index is 12.6. The molecule has 4 atom stereocenters. The van der Waals surface area contributed by atoms with Crippen molar-refractivity contribution < 1.29 is 25.2 Å². The van der Waals surface area contributed by atoms with E-state index in [-0.39, 0.29) is 0 Å². The lowest BCUT2D eigenvalue weighted by Gasteiger charge is -2.27. The van der Waals surface area contributed by atoms with Gasteiger partial charge < -0.3 is 25.7 Å². The van der Waals surface area contributed by atoms with Crippen LogP contribution < -0.4 is 5.32 Å². The van der Waals surface area contributed by atoms with Gasteiger partial charge in [-0.15, -0.1) is 0 Å². The van der Waals surface area contributed by atoms with E-state index < -0.39 is 36.9 Å². The van der Waals surface area contributed by atoms with E-state index in [1.807, 2.05) is 0 Å². The summed E-state index contributed by atoms with van der Waals surface area (Å²) < 4.78 is 0. The maximum atomic E-state index is 12.6. The highest BCUT2D eigenvalue weighted by molar-refractivity contribution is 5.80. The summed E-state index contributed by atoms with van der Waals surface area (Å²) >= 11 is 0. The fourth-order valence-electron chi connectivity index (χ4n) is 7.91. The number of hydrogen-bond acceptors (Lipinski definition) is 5. The number of aliphatic hydroxyl groups is 4. The molecule has 0 rings (SSSR count). The van der Waals surface area contributed by atoms with Crippen LogP contribution >= 0.6 is 0 Å². The molecule has 0 aliphatic carbocycles. The van der Waals surface area contributed by atoms with Crippen LogP contribution in [0, 0.1) is 0 Å². The molecule has 0 fully saturated rings. The zero-order chi connectivity index (χ0) is 41.7. The van der Waals surface area contributed by atoms with Crippen LogP contribution in [0.5, 0.6) is 0 Å². The first-order valence-corrected chi connectivity index (χ1v) is 25.2. The minimum Gasteiger partial charge on any atom is -0.394 e. The summed E-state index contributed by atoms with van der Waals surface area (Å²) in [6.45, 7) is 4.07. The van der Waals surface area contributed by atoms with Gasteiger partial charge in [-0.05, 0) is 44.9 Å². The van der Waals surface area contributed by atoms with Crippen molar-refractivity contribution in [1.82, 2.24) is 5.32 Å². The molecule has 0 radical (unpaired) electrons. The summed E-state index contributed by atoms with van der Waals surface area (Å²) in [5.74, 6) is -0.586. The molecule has 0 saturated heterocycles. The third-order valence-corrected chi connectivity index (χ3v) is 11.9. The van der Waals surface area contributed by atoms with Crippen LogP contribution in [0.4, 0.5) is 0 Å². The number of rotatable bonds is 46. The summed E-state index contributed by atoms with van der Waals surface area (Å²) in [6, 6.07) is -0.987. The molecule has 0 saturated carbocycles. The van der Waals surface area contributed by atoms with Gasteiger partial charge in [0.05, 0.1) is 18.8 Å². The molecule has 0 aromatic carbocycles. The lowest BCUT2D eigenvalue weighted by Crippen LogP contribution is -2.53. The summed E-state index contributed by atoms with van der Waals surface area (Å²) in [4.78, 5) is 12.6. The molecule has 0 bridgehead atoms. The first-order chi connectivity index (χ1) is 28.0. The van der Waals surface area contributed by atoms with E-state index >= 15 is 0 Å². The molecule has 0 aliphatic heterocycles. The molecule has 0 aromatic rings. The molecule has 0 aromatic heterocycles. The third kappa shape index (κ3) is 40.0. The highest BCUT2D eigenvalue weighted by Crippen LogP contribution is 2.17. The summed E-state index contributed by atoms with van der Waals surface area (Å²) in [5.41, 5.74) is 0. The molecule has 5 N–H and O–H groups in total. The minimum absolute atomic E-state index is 0.364. The highest BCUT2D eigenvalue weighted by Gasteiger charge is 2.28. The molecular weight excluding hydrogens is 707 g/mol. The number of carbonyl (C=O) groups is 1. The monoisotopic (exact) mass is 806 g/mol. The first kappa shape index (κ1) is 55.8. The minimum atomic E-state index is -1.26. The van der Waals surface area contributed by atoms with E-state index in [0.29, 0.717) is 12.8 Å². The molecule has 0 aliphatic rings. The van der Waals surface area contributed by atoms with Crippen molar-refractivity contribution >= 4 is 5.91 Å². The average molecular weight is 806 g/mol. The first-order valence-electron chi connectivity index (χ1n) is 25.2. The lowest BCUT2D eigenvalue weighted by atomic mass is 9.99. The van der Waals surface area contributed by atoms with E-state index in [2.05, 4.69) is 43.5 Å². The predicted molar refractivity (Wildman–Crippen MR) is 247 cm³/mol. The predicted octanol–water partition coefficient (Wildman–Crippen LogP) is 13.9. The molecular formula is C51H99NO5. The number of nitrogens with one attached hydrogen (secondary N) is 1. The quantitative estimate of drug-likeness (QED) is 0.0311. The second-order valence-corrected chi connectivity index (χ2v) is 17.5. The van der Waals surface area contributed by atoms with Gasteiger partial charge in [0, 0.05) is 0 Å². The number of aliphatic hydroxyl groups excluding tert-OH is 4. The van der Waals surface area contributed by atoms with Crippen molar-refractivity contribution in [3.05, 3.63) is 24.3 Å². The van der Waals surface area contributed by atoms with E-state index in [9.17, 15) is 25.2 Å². The van der Waals surface area contributed by atoms with Gasteiger partial charge in [-0.3, -0.25) is 4.79 Å². The fraction of sp³-hybridized carbons (Fsp3) is 0.902. The van der Waals surface area contributed by atoms with Gasteiger partial charge in [-0.1, -0.05) is 244 Å². The lowest BCUT2D eigenvalue weighted by molar-refractivity contribution is -0.132. The van der Waals surface area contributed by atoms with Gasteiger partial charge in [0.1, 0.15) is 12.2 Å². The standard InChI is InChI=1S/C51H99NO5/c1-3-5-7-9-11-13-15-17-19-21-22-23-24-25-26-27-29-31-33-35-37-39-41-43-45-49(55)51(57)52-47(46-53)50(56)48(54)44-42-40-38-36-34-32-30-28-20-18-16-14-12-10-8-6-4-2/h22-23,25-26,47-50,53-56H,3-21,24,27-46H2,1-2H3,(H,52,57)/b23-22-,26-25-. The fourth-order valence-corrected chi connectivity index (χ4v) is 7.91. The second kappa shape index (κ2) is 45.9. The summed E-state index contributed by atoms with van der Waals surface area (Å²) in [7, 11) is 0. The third-order valence-electron chi connectivity index (χ3n) is 11.9. The van der Waals surface area contributed by atoms with Crippen LogP contribution in [0.25, 0.3) is 0 Å². The van der Waals surface area contributed by atoms with Crippen LogP contribution in [-0.2, 0) is 4.79 Å². The average Bonchev–Trinajstić information content (AvgIpc) is 3.22. The molecule has 57 heavy (non-hydrogen) atoms. The largest absolute Gasteiger partial charge is 0.394 e. The van der Waals surface area contributed by atoms with Crippen molar-refractivity contribution in [2.75, 3.05) is 6.61 Å². The van der Waals surface area contributed by atoms with Crippen molar-refractivity contribution in [3.8, 4) is 0 Å². The molecule has 6 nitrogen and oxygen atoms in total. The zero-order valence-corrected chi connectivity index (χ0v) is 38.1. The van der Waals surface area contributed by atoms with Crippen molar-refractivity contribution in [2.24, 2.45) is 0 Å². The van der Waals surface area contributed by atoms with Crippen LogP contribution in [-0.4, -0.2) is 57.3 Å². The van der Waals surface area contributed by atoms with E-state index in [0.717, 1.165) is 44.9 Å². The SMILES string of the molecule is CCCCCCCCCCC/C=C\C/C=C\CCCCCCCCCCC(O)C(=O)NC(CO)C(O)C(O)CCCCCCCCCCCCCCCCCCC. The number of carbonyl (C=O) groups excluding carboxylic acids is 1. The molecule has 338 valence electrons. The molecule has 6 heteroatoms. The molecule has 4 unspecified atom stereocenters. The maximum Gasteiger partial charge on any atom is 0.249 e. The van der Waals surface area contributed by atoms with Crippen LogP contribution in [0.2, 0.25) is 0 Å². The Morgan fingerprint density at radius 1 is 0.439 bits per heavy atom. The normalized spacial score (nSPS) is 14.1. The van der Waals surface area contributed by atoms with Crippen molar-refractivity contribution in [3.63, 3.8) is 0 Å². The van der Waals surface area contributed by atoms with Crippen LogP contribution in [0.3, 0.4) is 0 Å². The van der Waals surface area contributed by atoms with Crippen LogP contribution in [0.15, 0.2) is 24.3 Å². The van der Waals surface area contributed by atoms with Gasteiger partial charge in [0.15, 0.2) is 0 Å². The van der Waals surface area contributed by atoms with Gasteiger partial charge in [-0.25, -0.2) is 0 Å². The van der Waals surface area contributed by atoms with Crippen molar-refractivity contribution in [1.29, 1.82) is 0 Å². The van der Waals surface area contributed by atoms with E-state index in [4.69, 9.17) is 0 Å². The van der Waals surface area contributed by atoms with Gasteiger partial charge in [-0.2, -0.15) is 0 Å². The number of unbranched alkanes of at least 4 members (excludes halogenated alkanes) is 33. The van der Waals surface area contributed by atoms with Gasteiger partial charge in [0.2, 0.25) is 5.91 Å². The number of hydrogen-bond donors (Lipinski definition) is 5. The number of allylic oxidation sites excluding steroid dienone is 4. The topological polar surface area (TPSA) is 110 Å². The Labute approximate surface area is 354 Å². The molecule has 0 heterocycles. The highest BCUT2D eigenvalue weighted by atomic mass is 16.3. The smallest absolute Gasteiger partial charge is 0.249 e. The van der Waals surface area contributed by atoms with Gasteiger partial charge in [0.25, 0.3) is 0 Å². The Kier molecular flexibility index (Phi) is 44.9. The van der Waals surface area contributed by atoms with Crippen molar-refractivity contribution in [2.45, 2.75) is 289 Å². The Morgan fingerprint density at radius 3 is 1.11 bits per heavy atom. The molecule has 1 amide bonds. The van der Waals surface area contributed by atoms with Crippen LogP contribution in [0.1, 0.15) is 264 Å². The van der Waals surface area contributed by atoms with E-state index in [1.54, 1.807) is 0 Å². The Balaban J connectivity index is 3.69. The summed E-state index contributed by atoms with van der Waals surface area (Å²) in [5, 5.41) is 43.9. The Morgan fingerprint density at radius 2 is 0.754 bits per heavy atom. The zero-order valence-electron chi connectivity index (χ0n) is 38.1. The number of amides is 1. The summed E-state index contributed by atoms with van der Waals surface area (Å²) in [6.07, 6.45) is 53.6.